The predicted octanol–water partition coefficient (Wildman–Crippen LogP) is 0.454. The van der Waals surface area contributed by atoms with Crippen molar-refractivity contribution >= 4 is 11.6 Å². The number of nitrogens with one attached hydrogen (secondary N) is 2. The summed E-state index contributed by atoms with van der Waals surface area (Å²) in [5.74, 6) is 2.24. The summed E-state index contributed by atoms with van der Waals surface area (Å²) in [7, 11) is 0. The molecule has 1 rings (SSSR count). The molecule has 16 heavy (non-hydrogen) atoms. The number of aliphatic hydroxyl groups excluding tert-OH is 1. The van der Waals surface area contributed by atoms with E-state index in [0.717, 1.165) is 5.69 Å². The lowest BCUT2D eigenvalue weighted by atomic mass is 10.2. The van der Waals surface area contributed by atoms with Crippen LogP contribution in [0.5, 0.6) is 0 Å². The van der Waals surface area contributed by atoms with Crippen LogP contribution in [-0.2, 0) is 0 Å². The van der Waals surface area contributed by atoms with Crippen LogP contribution >= 0.6 is 0 Å². The van der Waals surface area contributed by atoms with E-state index in [2.05, 4.69) is 16.6 Å². The Kier molecular flexibility index (Phi) is 4.90. The first-order valence-corrected chi connectivity index (χ1v) is 4.94. The van der Waals surface area contributed by atoms with Gasteiger partial charge >= 0.3 is 0 Å². The van der Waals surface area contributed by atoms with E-state index in [1.54, 1.807) is 18.2 Å². The third-order valence-electron chi connectivity index (χ3n) is 1.92. The number of carbonyl (C=O) groups excluding carboxylic acids is 1. The molecule has 0 heterocycles. The Labute approximate surface area is 94.7 Å². The van der Waals surface area contributed by atoms with E-state index in [1.165, 1.54) is 0 Å². The summed E-state index contributed by atoms with van der Waals surface area (Å²) in [5.41, 5.74) is 1.34. The van der Waals surface area contributed by atoms with Gasteiger partial charge in [-0.3, -0.25) is 4.79 Å². The molecule has 0 aliphatic heterocycles. The Morgan fingerprint density at radius 3 is 3.00 bits per heavy atom. The summed E-state index contributed by atoms with van der Waals surface area (Å²) in [4.78, 5) is 11.5. The zero-order valence-corrected chi connectivity index (χ0v) is 8.86. The monoisotopic (exact) mass is 218 g/mol. The Morgan fingerprint density at radius 1 is 1.50 bits per heavy atom. The summed E-state index contributed by atoms with van der Waals surface area (Å²) >= 11 is 0. The van der Waals surface area contributed by atoms with E-state index in [4.69, 9.17) is 11.5 Å². The lowest BCUT2D eigenvalue weighted by molar-refractivity contribution is 0.0945. The van der Waals surface area contributed by atoms with Gasteiger partial charge in [0.1, 0.15) is 0 Å². The lowest BCUT2D eigenvalue weighted by Gasteiger charge is -2.06. The van der Waals surface area contributed by atoms with Crippen molar-refractivity contribution < 1.29 is 9.90 Å². The minimum Gasteiger partial charge on any atom is -0.395 e. The molecule has 0 fully saturated rings. The van der Waals surface area contributed by atoms with Crippen molar-refractivity contribution in [3.63, 3.8) is 0 Å². The van der Waals surface area contributed by atoms with E-state index >= 15 is 0 Å². The van der Waals surface area contributed by atoms with E-state index in [1.807, 2.05) is 6.07 Å². The van der Waals surface area contributed by atoms with Crippen molar-refractivity contribution in [3.05, 3.63) is 29.8 Å². The highest BCUT2D eigenvalue weighted by atomic mass is 16.3. The summed E-state index contributed by atoms with van der Waals surface area (Å²) in [6.07, 6.45) is 5.12. The van der Waals surface area contributed by atoms with Crippen LogP contribution in [0.25, 0.3) is 0 Å². The zero-order chi connectivity index (χ0) is 11.8. The molecule has 1 amide bonds. The molecular weight excluding hydrogens is 204 g/mol. The first kappa shape index (κ1) is 12.1. The summed E-state index contributed by atoms with van der Waals surface area (Å²) in [6, 6.07) is 7.02. The molecule has 0 radical (unpaired) electrons. The average molecular weight is 218 g/mol. The van der Waals surface area contributed by atoms with Crippen molar-refractivity contribution in [1.82, 2.24) is 5.32 Å². The number of amides is 1. The highest BCUT2D eigenvalue weighted by Crippen LogP contribution is 2.09. The fourth-order valence-electron chi connectivity index (χ4n) is 1.19. The quantitative estimate of drug-likeness (QED) is 0.629. The van der Waals surface area contributed by atoms with E-state index in [9.17, 15) is 4.79 Å². The second-order valence-electron chi connectivity index (χ2n) is 3.12. The normalized spacial score (nSPS) is 9.25. The van der Waals surface area contributed by atoms with Crippen LogP contribution in [0.15, 0.2) is 24.3 Å². The van der Waals surface area contributed by atoms with Crippen molar-refractivity contribution in [2.24, 2.45) is 0 Å². The first-order valence-electron chi connectivity index (χ1n) is 4.94. The average Bonchev–Trinajstić information content (AvgIpc) is 2.33. The van der Waals surface area contributed by atoms with E-state index in [-0.39, 0.29) is 19.1 Å². The minimum atomic E-state index is -0.210. The molecule has 0 atom stereocenters. The molecule has 4 nitrogen and oxygen atoms in total. The van der Waals surface area contributed by atoms with Gasteiger partial charge in [0.2, 0.25) is 0 Å². The molecule has 84 valence electrons. The topological polar surface area (TPSA) is 61.4 Å². The molecule has 0 aliphatic rings. The third kappa shape index (κ3) is 3.64. The summed E-state index contributed by atoms with van der Waals surface area (Å²) in [5, 5.41) is 14.1. The van der Waals surface area contributed by atoms with Crippen LogP contribution in [0, 0.1) is 12.3 Å². The van der Waals surface area contributed by atoms with Crippen LogP contribution in [0.3, 0.4) is 0 Å². The lowest BCUT2D eigenvalue weighted by Crippen LogP contribution is -2.26. The maximum absolute atomic E-state index is 11.5. The van der Waals surface area contributed by atoms with Gasteiger partial charge in [-0.15, -0.1) is 6.42 Å². The molecule has 0 saturated carbocycles. The van der Waals surface area contributed by atoms with Crippen LogP contribution in [0.1, 0.15) is 10.4 Å². The standard InChI is InChI=1S/C12H14N2O2/c1-2-6-13-11-5-3-4-10(9-11)12(16)14-7-8-15/h1,3-5,9,13,15H,6-8H2,(H,14,16). The van der Waals surface area contributed by atoms with Crippen molar-refractivity contribution in [2.75, 3.05) is 25.0 Å². The molecule has 0 saturated heterocycles. The van der Waals surface area contributed by atoms with Crippen molar-refractivity contribution in [2.45, 2.75) is 0 Å². The molecule has 1 aromatic carbocycles. The molecule has 0 spiro atoms. The number of terminal acetylenes is 1. The van der Waals surface area contributed by atoms with Gasteiger partial charge in [-0.1, -0.05) is 12.0 Å². The largest absolute Gasteiger partial charge is 0.395 e. The van der Waals surface area contributed by atoms with Crippen molar-refractivity contribution in [1.29, 1.82) is 0 Å². The number of aliphatic hydroxyl groups is 1. The summed E-state index contributed by atoms with van der Waals surface area (Å²) in [6.45, 7) is 0.601. The highest BCUT2D eigenvalue weighted by molar-refractivity contribution is 5.95. The van der Waals surface area contributed by atoms with Gasteiger partial charge < -0.3 is 15.7 Å². The van der Waals surface area contributed by atoms with Crippen LogP contribution in [0.4, 0.5) is 5.69 Å². The van der Waals surface area contributed by atoms with E-state index < -0.39 is 0 Å². The maximum Gasteiger partial charge on any atom is 0.251 e. The second-order valence-corrected chi connectivity index (χ2v) is 3.12. The van der Waals surface area contributed by atoms with Gasteiger partial charge in [0.15, 0.2) is 0 Å². The Morgan fingerprint density at radius 2 is 2.31 bits per heavy atom. The Balaban J connectivity index is 2.66. The molecular formula is C12H14N2O2. The van der Waals surface area contributed by atoms with Crippen molar-refractivity contribution in [3.8, 4) is 12.3 Å². The van der Waals surface area contributed by atoms with E-state index in [0.29, 0.717) is 12.1 Å². The van der Waals surface area contributed by atoms with Gasteiger partial charge in [-0.05, 0) is 18.2 Å². The Hall–Kier alpha value is -1.99. The number of rotatable bonds is 5. The fourth-order valence-corrected chi connectivity index (χ4v) is 1.19. The summed E-state index contributed by atoms with van der Waals surface area (Å²) < 4.78 is 0. The van der Waals surface area contributed by atoms with Crippen LogP contribution < -0.4 is 10.6 Å². The molecule has 0 bridgehead atoms. The van der Waals surface area contributed by atoms with Gasteiger partial charge in [0.25, 0.3) is 5.91 Å². The number of anilines is 1. The van der Waals surface area contributed by atoms with Crippen LogP contribution in [0.2, 0.25) is 0 Å². The molecule has 3 N–H and O–H groups in total. The Bertz CT molecular complexity index is 396. The first-order chi connectivity index (χ1) is 7.77. The number of benzene rings is 1. The fraction of sp³-hybridized carbons (Fsp3) is 0.250. The molecule has 4 heteroatoms. The predicted molar refractivity (Wildman–Crippen MR) is 63.2 cm³/mol. The van der Waals surface area contributed by atoms with Gasteiger partial charge in [-0.25, -0.2) is 0 Å². The van der Waals surface area contributed by atoms with Gasteiger partial charge in [-0.2, -0.15) is 0 Å². The number of carbonyl (C=O) groups is 1. The van der Waals surface area contributed by atoms with Crippen LogP contribution in [-0.4, -0.2) is 30.7 Å². The highest BCUT2D eigenvalue weighted by Gasteiger charge is 2.04. The minimum absolute atomic E-state index is 0.0687. The smallest absolute Gasteiger partial charge is 0.251 e. The maximum atomic E-state index is 11.5. The SMILES string of the molecule is C#CCNc1cccc(C(=O)NCCO)c1. The third-order valence-corrected chi connectivity index (χ3v) is 1.92. The molecule has 0 aliphatic carbocycles. The number of hydrogen-bond donors (Lipinski definition) is 3. The zero-order valence-electron chi connectivity index (χ0n) is 8.86. The van der Waals surface area contributed by atoms with Gasteiger partial charge in [0.05, 0.1) is 13.2 Å². The van der Waals surface area contributed by atoms with Gasteiger partial charge in [0, 0.05) is 17.8 Å². The second kappa shape index (κ2) is 6.49. The molecule has 0 aromatic heterocycles. The molecule has 0 unspecified atom stereocenters. The molecule has 1 aromatic rings. The number of hydrogen-bond acceptors (Lipinski definition) is 3.